The lowest BCUT2D eigenvalue weighted by molar-refractivity contribution is -0.138. The van der Waals surface area contributed by atoms with Crippen molar-refractivity contribution in [3.8, 4) is 5.75 Å². The second kappa shape index (κ2) is 7.35. The third kappa shape index (κ3) is 4.05. The van der Waals surface area contributed by atoms with Crippen molar-refractivity contribution in [2.45, 2.75) is 59.0 Å². The Hall–Kier alpha value is -1.55. The van der Waals surface area contributed by atoms with Crippen molar-refractivity contribution in [1.29, 1.82) is 0 Å². The summed E-state index contributed by atoms with van der Waals surface area (Å²) < 4.78 is 11.4. The van der Waals surface area contributed by atoms with E-state index in [1.54, 1.807) is 7.11 Å². The summed E-state index contributed by atoms with van der Waals surface area (Å²) in [5.41, 5.74) is 2.15. The molecule has 1 fully saturated rings. The first-order valence-corrected chi connectivity index (χ1v) is 8.53. The fraction of sp³-hybridized carbons (Fsp3) is 0.632. The van der Waals surface area contributed by atoms with E-state index in [4.69, 9.17) is 9.47 Å². The van der Waals surface area contributed by atoms with Crippen LogP contribution in [0.2, 0.25) is 0 Å². The first-order chi connectivity index (χ1) is 10.9. The highest BCUT2D eigenvalue weighted by Gasteiger charge is 2.47. The van der Waals surface area contributed by atoms with Crippen LogP contribution in [0.4, 0.5) is 5.69 Å². The number of benzene rings is 1. The SMILES string of the molecule is CCCCOc1c(C)cc(NC(=O)C(C)(OC)C2CC2)cc1C. The zero-order valence-electron chi connectivity index (χ0n) is 15.0. The predicted octanol–water partition coefficient (Wildman–Crippen LogP) is 4.24. The van der Waals surface area contributed by atoms with Gasteiger partial charge in [-0.3, -0.25) is 4.79 Å². The Morgan fingerprint density at radius 3 is 2.39 bits per heavy atom. The van der Waals surface area contributed by atoms with Gasteiger partial charge in [0.15, 0.2) is 0 Å². The summed E-state index contributed by atoms with van der Waals surface area (Å²) in [5.74, 6) is 1.18. The van der Waals surface area contributed by atoms with E-state index in [1.165, 1.54) is 0 Å². The van der Waals surface area contributed by atoms with E-state index in [-0.39, 0.29) is 5.91 Å². The van der Waals surface area contributed by atoms with Crippen LogP contribution in [0.5, 0.6) is 5.75 Å². The van der Waals surface area contributed by atoms with E-state index >= 15 is 0 Å². The van der Waals surface area contributed by atoms with Gasteiger partial charge in [0.25, 0.3) is 5.91 Å². The zero-order valence-corrected chi connectivity index (χ0v) is 15.0. The smallest absolute Gasteiger partial charge is 0.256 e. The number of rotatable bonds is 8. The maximum absolute atomic E-state index is 12.6. The van der Waals surface area contributed by atoms with Gasteiger partial charge >= 0.3 is 0 Å². The summed E-state index contributed by atoms with van der Waals surface area (Å²) in [4.78, 5) is 12.6. The number of carbonyl (C=O) groups is 1. The molecule has 1 amide bonds. The molecule has 1 aromatic carbocycles. The zero-order chi connectivity index (χ0) is 17.0. The minimum atomic E-state index is -0.738. The molecule has 1 aliphatic carbocycles. The molecular formula is C19H29NO3. The Morgan fingerprint density at radius 2 is 1.91 bits per heavy atom. The molecule has 0 bridgehead atoms. The lowest BCUT2D eigenvalue weighted by atomic mass is 9.98. The number of methoxy groups -OCH3 is 1. The molecule has 1 aromatic rings. The molecule has 2 rings (SSSR count). The van der Waals surface area contributed by atoms with Crippen LogP contribution in [0.3, 0.4) is 0 Å². The van der Waals surface area contributed by atoms with E-state index in [0.29, 0.717) is 5.92 Å². The Bertz CT molecular complexity index is 543. The van der Waals surface area contributed by atoms with Gasteiger partial charge in [0.05, 0.1) is 6.61 Å². The van der Waals surface area contributed by atoms with Crippen molar-refractivity contribution >= 4 is 11.6 Å². The fourth-order valence-corrected chi connectivity index (χ4v) is 2.90. The Balaban J connectivity index is 2.10. The Labute approximate surface area is 139 Å². The number of carbonyl (C=O) groups excluding carboxylic acids is 1. The van der Waals surface area contributed by atoms with Gasteiger partial charge in [0.2, 0.25) is 0 Å². The average molecular weight is 319 g/mol. The van der Waals surface area contributed by atoms with Gasteiger partial charge < -0.3 is 14.8 Å². The number of hydrogen-bond donors (Lipinski definition) is 1. The van der Waals surface area contributed by atoms with Crippen LogP contribution in [-0.4, -0.2) is 25.2 Å². The minimum Gasteiger partial charge on any atom is -0.493 e. The summed E-state index contributed by atoms with van der Waals surface area (Å²) in [6.07, 6.45) is 4.27. The van der Waals surface area contributed by atoms with Crippen molar-refractivity contribution in [1.82, 2.24) is 0 Å². The van der Waals surface area contributed by atoms with Crippen LogP contribution < -0.4 is 10.1 Å². The number of nitrogens with one attached hydrogen (secondary N) is 1. The molecule has 0 heterocycles. The number of amides is 1. The first kappa shape index (κ1) is 17.8. The van der Waals surface area contributed by atoms with Crippen molar-refractivity contribution in [2.75, 3.05) is 19.0 Å². The van der Waals surface area contributed by atoms with Crippen molar-refractivity contribution in [3.05, 3.63) is 23.3 Å². The van der Waals surface area contributed by atoms with Crippen LogP contribution in [0, 0.1) is 19.8 Å². The van der Waals surface area contributed by atoms with Crippen LogP contribution in [0.1, 0.15) is 50.7 Å². The average Bonchev–Trinajstić information content (AvgIpc) is 3.34. The number of ether oxygens (including phenoxy) is 2. The van der Waals surface area contributed by atoms with Crippen molar-refractivity contribution in [3.63, 3.8) is 0 Å². The number of hydrogen-bond acceptors (Lipinski definition) is 3. The summed E-state index contributed by atoms with van der Waals surface area (Å²) in [6.45, 7) is 8.78. The molecular weight excluding hydrogens is 290 g/mol. The maximum atomic E-state index is 12.6. The van der Waals surface area contributed by atoms with E-state index in [2.05, 4.69) is 12.2 Å². The monoisotopic (exact) mass is 319 g/mol. The van der Waals surface area contributed by atoms with Gasteiger partial charge in [-0.2, -0.15) is 0 Å². The Morgan fingerprint density at radius 1 is 1.30 bits per heavy atom. The molecule has 1 N–H and O–H groups in total. The summed E-state index contributed by atoms with van der Waals surface area (Å²) in [5, 5.41) is 3.01. The fourth-order valence-electron chi connectivity index (χ4n) is 2.90. The molecule has 4 heteroatoms. The molecule has 4 nitrogen and oxygen atoms in total. The maximum Gasteiger partial charge on any atom is 0.256 e. The number of anilines is 1. The highest BCUT2D eigenvalue weighted by atomic mass is 16.5. The summed E-state index contributed by atoms with van der Waals surface area (Å²) >= 11 is 0. The van der Waals surface area contributed by atoms with Gasteiger partial charge in [0.1, 0.15) is 11.4 Å². The predicted molar refractivity (Wildman–Crippen MR) is 93.1 cm³/mol. The van der Waals surface area contributed by atoms with Gasteiger partial charge in [0, 0.05) is 12.8 Å². The van der Waals surface area contributed by atoms with Crippen LogP contribution in [0.15, 0.2) is 12.1 Å². The molecule has 0 radical (unpaired) electrons. The van der Waals surface area contributed by atoms with Crippen LogP contribution >= 0.6 is 0 Å². The molecule has 1 saturated carbocycles. The van der Waals surface area contributed by atoms with E-state index < -0.39 is 5.60 Å². The molecule has 1 unspecified atom stereocenters. The topological polar surface area (TPSA) is 47.6 Å². The third-order valence-electron chi connectivity index (χ3n) is 4.69. The normalized spacial score (nSPS) is 16.7. The van der Waals surface area contributed by atoms with E-state index in [0.717, 1.165) is 54.9 Å². The van der Waals surface area contributed by atoms with Crippen molar-refractivity contribution < 1.29 is 14.3 Å². The van der Waals surface area contributed by atoms with E-state index in [9.17, 15) is 4.79 Å². The molecule has 0 spiro atoms. The van der Waals surface area contributed by atoms with Gasteiger partial charge in [-0.05, 0) is 69.2 Å². The molecule has 0 aliphatic heterocycles. The third-order valence-corrected chi connectivity index (χ3v) is 4.69. The molecule has 0 saturated heterocycles. The van der Waals surface area contributed by atoms with Gasteiger partial charge in [-0.25, -0.2) is 0 Å². The molecule has 0 aromatic heterocycles. The lowest BCUT2D eigenvalue weighted by Gasteiger charge is -2.27. The highest BCUT2D eigenvalue weighted by molar-refractivity contribution is 5.97. The number of aryl methyl sites for hydroxylation is 2. The van der Waals surface area contributed by atoms with Gasteiger partial charge in [-0.15, -0.1) is 0 Å². The standard InChI is InChI=1S/C19H29NO3/c1-6-7-10-23-17-13(2)11-16(12-14(17)3)20-18(21)19(4,22-5)15-8-9-15/h11-12,15H,6-10H2,1-5H3,(H,20,21). The molecule has 1 atom stereocenters. The molecule has 1 aliphatic rings. The highest BCUT2D eigenvalue weighted by Crippen LogP contribution is 2.42. The minimum absolute atomic E-state index is 0.0686. The van der Waals surface area contributed by atoms with E-state index in [1.807, 2.05) is 32.9 Å². The summed E-state index contributed by atoms with van der Waals surface area (Å²) in [7, 11) is 1.61. The van der Waals surface area contributed by atoms with Crippen LogP contribution in [0.25, 0.3) is 0 Å². The quantitative estimate of drug-likeness (QED) is 0.729. The lowest BCUT2D eigenvalue weighted by Crippen LogP contribution is -2.44. The van der Waals surface area contributed by atoms with Crippen LogP contribution in [-0.2, 0) is 9.53 Å². The van der Waals surface area contributed by atoms with Gasteiger partial charge in [-0.1, -0.05) is 13.3 Å². The number of unbranched alkanes of at least 4 members (excludes halogenated alkanes) is 1. The second-order valence-electron chi connectivity index (χ2n) is 6.68. The van der Waals surface area contributed by atoms with Crippen molar-refractivity contribution in [2.24, 2.45) is 5.92 Å². The Kier molecular flexibility index (Phi) is 5.69. The molecule has 128 valence electrons. The summed E-state index contributed by atoms with van der Waals surface area (Å²) in [6, 6.07) is 3.93. The molecule has 23 heavy (non-hydrogen) atoms. The first-order valence-electron chi connectivity index (χ1n) is 8.53. The largest absolute Gasteiger partial charge is 0.493 e. The second-order valence-corrected chi connectivity index (χ2v) is 6.68.